The molecule has 3 nitrogen and oxygen atoms in total. The van der Waals surface area contributed by atoms with Crippen LogP contribution >= 0.6 is 0 Å². The molecule has 0 rings (SSSR count). The molecule has 14 heavy (non-hydrogen) atoms. The van der Waals surface area contributed by atoms with Gasteiger partial charge < -0.3 is 5.32 Å². The summed E-state index contributed by atoms with van der Waals surface area (Å²) in [6.07, 6.45) is 2.05. The van der Waals surface area contributed by atoms with E-state index in [9.17, 15) is 8.42 Å². The van der Waals surface area contributed by atoms with Crippen molar-refractivity contribution in [2.45, 2.75) is 33.7 Å². The fourth-order valence-electron chi connectivity index (χ4n) is 1.02. The van der Waals surface area contributed by atoms with Gasteiger partial charge in [0.05, 0.1) is 5.75 Å². The van der Waals surface area contributed by atoms with E-state index in [1.165, 1.54) is 5.57 Å². The third kappa shape index (κ3) is 7.09. The number of hydrogen-bond acceptors (Lipinski definition) is 3. The molecule has 0 aliphatic heterocycles. The van der Waals surface area contributed by atoms with Crippen molar-refractivity contribution in [3.05, 3.63) is 11.6 Å². The molecule has 1 unspecified atom stereocenters. The lowest BCUT2D eigenvalue weighted by Gasteiger charge is -2.11. The highest BCUT2D eigenvalue weighted by Gasteiger charge is 2.12. The minimum Gasteiger partial charge on any atom is -0.310 e. The zero-order valence-electron chi connectivity index (χ0n) is 9.50. The molecule has 0 spiro atoms. The van der Waals surface area contributed by atoms with E-state index in [0.717, 1.165) is 6.54 Å². The standard InChI is InChI=1S/C10H21NO2S/c1-5-14(12,13)8-10(4)11-7-6-9(2)3/h6,10-11H,5,7-8H2,1-4H3. The maximum absolute atomic E-state index is 11.3. The molecule has 0 aliphatic rings. The highest BCUT2D eigenvalue weighted by atomic mass is 32.2. The molecule has 0 aromatic carbocycles. The smallest absolute Gasteiger partial charge is 0.151 e. The van der Waals surface area contributed by atoms with Crippen LogP contribution in [-0.4, -0.2) is 32.5 Å². The fourth-order valence-corrected chi connectivity index (χ4v) is 2.14. The molecule has 0 radical (unpaired) electrons. The number of nitrogens with one attached hydrogen (secondary N) is 1. The first-order valence-electron chi connectivity index (χ1n) is 4.94. The summed E-state index contributed by atoms with van der Waals surface area (Å²) < 4.78 is 22.5. The van der Waals surface area contributed by atoms with E-state index < -0.39 is 9.84 Å². The summed E-state index contributed by atoms with van der Waals surface area (Å²) in [7, 11) is -2.85. The van der Waals surface area contributed by atoms with Crippen LogP contribution in [0, 0.1) is 0 Å². The van der Waals surface area contributed by atoms with E-state index in [4.69, 9.17) is 0 Å². The van der Waals surface area contributed by atoms with Crippen molar-refractivity contribution in [2.24, 2.45) is 0 Å². The van der Waals surface area contributed by atoms with Crippen LogP contribution in [0.2, 0.25) is 0 Å². The van der Waals surface area contributed by atoms with Crippen molar-refractivity contribution < 1.29 is 8.42 Å². The van der Waals surface area contributed by atoms with Gasteiger partial charge in [0.25, 0.3) is 0 Å². The van der Waals surface area contributed by atoms with Gasteiger partial charge in [-0.1, -0.05) is 18.6 Å². The van der Waals surface area contributed by atoms with Crippen molar-refractivity contribution in [1.29, 1.82) is 0 Å². The van der Waals surface area contributed by atoms with Gasteiger partial charge in [0.2, 0.25) is 0 Å². The second-order valence-electron chi connectivity index (χ2n) is 3.79. The first-order chi connectivity index (χ1) is 6.37. The van der Waals surface area contributed by atoms with Crippen molar-refractivity contribution in [1.82, 2.24) is 5.32 Å². The van der Waals surface area contributed by atoms with Crippen LogP contribution in [0.3, 0.4) is 0 Å². The maximum Gasteiger partial charge on any atom is 0.151 e. The van der Waals surface area contributed by atoms with E-state index >= 15 is 0 Å². The lowest BCUT2D eigenvalue weighted by molar-refractivity contribution is 0.572. The molecular formula is C10H21NO2S. The maximum atomic E-state index is 11.3. The van der Waals surface area contributed by atoms with E-state index in [2.05, 4.69) is 11.4 Å². The van der Waals surface area contributed by atoms with Crippen molar-refractivity contribution in [3.63, 3.8) is 0 Å². The second kappa shape index (κ2) is 6.19. The highest BCUT2D eigenvalue weighted by molar-refractivity contribution is 7.91. The molecule has 0 saturated carbocycles. The summed E-state index contributed by atoms with van der Waals surface area (Å²) in [4.78, 5) is 0. The highest BCUT2D eigenvalue weighted by Crippen LogP contribution is 1.94. The SMILES string of the molecule is CCS(=O)(=O)CC(C)NCC=C(C)C. The summed E-state index contributed by atoms with van der Waals surface area (Å²) in [5, 5.41) is 3.15. The first kappa shape index (κ1) is 13.7. The number of allylic oxidation sites excluding steroid dienone is 1. The van der Waals surface area contributed by atoms with E-state index in [1.54, 1.807) is 6.92 Å². The Bertz CT molecular complexity index is 276. The van der Waals surface area contributed by atoms with E-state index in [0.29, 0.717) is 0 Å². The normalized spacial score (nSPS) is 13.7. The predicted octanol–water partition coefficient (Wildman–Crippen LogP) is 1.37. The summed E-state index contributed by atoms with van der Waals surface area (Å²) >= 11 is 0. The topological polar surface area (TPSA) is 46.2 Å². The van der Waals surface area contributed by atoms with Crippen molar-refractivity contribution >= 4 is 9.84 Å². The van der Waals surface area contributed by atoms with E-state index in [-0.39, 0.29) is 17.5 Å². The Kier molecular flexibility index (Phi) is 6.04. The zero-order chi connectivity index (χ0) is 11.2. The Labute approximate surface area is 87.5 Å². The van der Waals surface area contributed by atoms with Gasteiger partial charge in [-0.05, 0) is 20.8 Å². The van der Waals surface area contributed by atoms with Gasteiger partial charge in [-0.15, -0.1) is 0 Å². The van der Waals surface area contributed by atoms with Gasteiger partial charge in [0.1, 0.15) is 0 Å². The molecule has 1 atom stereocenters. The lowest BCUT2D eigenvalue weighted by Crippen LogP contribution is -2.33. The second-order valence-corrected chi connectivity index (χ2v) is 6.19. The quantitative estimate of drug-likeness (QED) is 0.686. The molecule has 0 amide bonds. The summed E-state index contributed by atoms with van der Waals surface area (Å²) in [6.45, 7) is 8.36. The lowest BCUT2D eigenvalue weighted by atomic mass is 10.3. The average Bonchev–Trinajstić information content (AvgIpc) is 2.02. The minimum absolute atomic E-state index is 0.0237. The van der Waals surface area contributed by atoms with Gasteiger partial charge in [-0.25, -0.2) is 8.42 Å². The molecule has 0 saturated heterocycles. The molecule has 1 N–H and O–H groups in total. The average molecular weight is 219 g/mol. The Hall–Kier alpha value is -0.350. The fraction of sp³-hybridized carbons (Fsp3) is 0.800. The molecule has 4 heteroatoms. The molecule has 0 heterocycles. The van der Waals surface area contributed by atoms with Gasteiger partial charge >= 0.3 is 0 Å². The summed E-state index contributed by atoms with van der Waals surface area (Å²) in [5.41, 5.74) is 1.24. The monoisotopic (exact) mass is 219 g/mol. The van der Waals surface area contributed by atoms with Crippen LogP contribution in [0.25, 0.3) is 0 Å². The van der Waals surface area contributed by atoms with Gasteiger partial charge in [0, 0.05) is 18.3 Å². The number of sulfone groups is 1. The first-order valence-corrected chi connectivity index (χ1v) is 6.76. The molecule has 0 aliphatic carbocycles. The third-order valence-corrected chi connectivity index (χ3v) is 3.81. The molecule has 0 aromatic rings. The molecule has 0 bridgehead atoms. The summed E-state index contributed by atoms with van der Waals surface area (Å²) in [6, 6.07) is 0.0237. The molecule has 84 valence electrons. The predicted molar refractivity (Wildman–Crippen MR) is 61.2 cm³/mol. The number of rotatable bonds is 6. The van der Waals surface area contributed by atoms with Gasteiger partial charge in [0.15, 0.2) is 9.84 Å². The largest absolute Gasteiger partial charge is 0.310 e. The minimum atomic E-state index is -2.85. The zero-order valence-corrected chi connectivity index (χ0v) is 10.3. The van der Waals surface area contributed by atoms with Crippen molar-refractivity contribution in [2.75, 3.05) is 18.1 Å². The number of hydrogen-bond donors (Lipinski definition) is 1. The molecule has 0 fully saturated rings. The van der Waals surface area contributed by atoms with Gasteiger partial charge in [-0.2, -0.15) is 0 Å². The van der Waals surface area contributed by atoms with Gasteiger partial charge in [-0.3, -0.25) is 0 Å². The van der Waals surface area contributed by atoms with E-state index in [1.807, 2.05) is 20.8 Å². The van der Waals surface area contributed by atoms with Crippen molar-refractivity contribution in [3.8, 4) is 0 Å². The van der Waals surface area contributed by atoms with Crippen LogP contribution in [0.4, 0.5) is 0 Å². The molecular weight excluding hydrogens is 198 g/mol. The Balaban J connectivity index is 3.88. The Morgan fingerprint density at radius 1 is 1.43 bits per heavy atom. The Morgan fingerprint density at radius 2 is 2.00 bits per heavy atom. The van der Waals surface area contributed by atoms with Crippen LogP contribution in [0.15, 0.2) is 11.6 Å². The van der Waals surface area contributed by atoms with Crippen LogP contribution in [-0.2, 0) is 9.84 Å². The molecule has 0 aromatic heterocycles. The Morgan fingerprint density at radius 3 is 2.43 bits per heavy atom. The summed E-state index contributed by atoms with van der Waals surface area (Å²) in [5.74, 6) is 0.446. The van der Waals surface area contributed by atoms with Crippen LogP contribution in [0.1, 0.15) is 27.7 Å². The third-order valence-electron chi connectivity index (χ3n) is 1.92. The van der Waals surface area contributed by atoms with Crippen LogP contribution < -0.4 is 5.32 Å². The van der Waals surface area contributed by atoms with Crippen LogP contribution in [0.5, 0.6) is 0 Å².